The molecule has 4 rings (SSSR count). The van der Waals surface area contributed by atoms with Crippen LogP contribution in [0.3, 0.4) is 0 Å². The summed E-state index contributed by atoms with van der Waals surface area (Å²) in [6.07, 6.45) is -4.73. The molecule has 0 saturated carbocycles. The number of rotatable bonds is 5. The number of hydrogen-bond donors (Lipinski definition) is 1. The maximum absolute atomic E-state index is 13.8. The second kappa shape index (κ2) is 9.71. The van der Waals surface area contributed by atoms with Crippen LogP contribution in [0.1, 0.15) is 27.0 Å². The fourth-order valence-corrected chi connectivity index (χ4v) is 4.81. The Balaban J connectivity index is 1.74. The van der Waals surface area contributed by atoms with E-state index in [1.807, 2.05) is 19.1 Å². The number of nitriles is 1. The number of alkyl halides is 3. The Labute approximate surface area is 202 Å². The molecular formula is C25H16F3N3OS2. The number of carbonyl (C=O) groups is 1. The van der Waals surface area contributed by atoms with E-state index in [1.54, 1.807) is 60.0 Å². The summed E-state index contributed by atoms with van der Waals surface area (Å²) < 4.78 is 41.4. The van der Waals surface area contributed by atoms with Gasteiger partial charge in [0, 0.05) is 10.5 Å². The van der Waals surface area contributed by atoms with Gasteiger partial charge in [-0.2, -0.15) is 18.4 Å². The number of pyridine rings is 1. The molecule has 1 amide bonds. The summed E-state index contributed by atoms with van der Waals surface area (Å²) in [5.74, 6) is -0.357. The molecule has 4 aromatic rings. The molecule has 2 aromatic carbocycles. The lowest BCUT2D eigenvalue weighted by atomic mass is 10.1. The molecule has 0 radical (unpaired) electrons. The lowest BCUT2D eigenvalue weighted by Gasteiger charge is -2.15. The third-order valence-corrected chi connectivity index (χ3v) is 6.79. The Bertz CT molecular complexity index is 1380. The molecule has 4 nitrogen and oxygen atoms in total. The Kier molecular flexibility index (Phi) is 6.72. The molecule has 2 heterocycles. The van der Waals surface area contributed by atoms with Gasteiger partial charge >= 0.3 is 6.18 Å². The first-order valence-corrected chi connectivity index (χ1v) is 11.7. The summed E-state index contributed by atoms with van der Waals surface area (Å²) in [7, 11) is 0. The summed E-state index contributed by atoms with van der Waals surface area (Å²) >= 11 is 2.16. The number of aryl methyl sites for hydroxylation is 1. The van der Waals surface area contributed by atoms with Crippen molar-refractivity contribution in [3.05, 3.63) is 94.4 Å². The summed E-state index contributed by atoms with van der Waals surface area (Å²) in [6, 6.07) is 19.7. The Morgan fingerprint density at radius 1 is 1.09 bits per heavy atom. The van der Waals surface area contributed by atoms with Crippen molar-refractivity contribution in [3.63, 3.8) is 0 Å². The molecule has 34 heavy (non-hydrogen) atoms. The highest BCUT2D eigenvalue weighted by Gasteiger charge is 2.36. The predicted octanol–water partition coefficient (Wildman–Crippen LogP) is 7.41. The van der Waals surface area contributed by atoms with Gasteiger partial charge in [0.15, 0.2) is 0 Å². The van der Waals surface area contributed by atoms with Gasteiger partial charge in [-0.05, 0) is 48.7 Å². The van der Waals surface area contributed by atoms with E-state index in [0.717, 1.165) is 23.4 Å². The van der Waals surface area contributed by atoms with E-state index < -0.39 is 17.3 Å². The molecular weight excluding hydrogens is 479 g/mol. The highest BCUT2D eigenvalue weighted by molar-refractivity contribution is 7.99. The van der Waals surface area contributed by atoms with Gasteiger partial charge in [-0.3, -0.25) is 4.79 Å². The summed E-state index contributed by atoms with van der Waals surface area (Å²) in [6.45, 7) is 1.91. The maximum atomic E-state index is 13.8. The predicted molar refractivity (Wildman–Crippen MR) is 127 cm³/mol. The Hall–Kier alpha value is -3.61. The third-order valence-electron chi connectivity index (χ3n) is 4.83. The van der Waals surface area contributed by atoms with E-state index in [9.17, 15) is 23.2 Å². The van der Waals surface area contributed by atoms with E-state index in [4.69, 9.17) is 0 Å². The number of nitrogens with one attached hydrogen (secondary N) is 1. The molecule has 0 bridgehead atoms. The van der Waals surface area contributed by atoms with E-state index >= 15 is 0 Å². The van der Waals surface area contributed by atoms with Crippen molar-refractivity contribution in [2.45, 2.75) is 23.0 Å². The molecule has 0 aliphatic carbocycles. The van der Waals surface area contributed by atoms with Crippen LogP contribution in [0, 0.1) is 18.3 Å². The summed E-state index contributed by atoms with van der Waals surface area (Å²) in [5.41, 5.74) is 0.382. The number of carbonyl (C=O) groups excluding carboxylic acids is 1. The average Bonchev–Trinajstić information content (AvgIpc) is 3.35. The number of anilines is 1. The fourth-order valence-electron chi connectivity index (χ4n) is 3.14. The van der Waals surface area contributed by atoms with Crippen molar-refractivity contribution in [3.8, 4) is 16.6 Å². The summed E-state index contributed by atoms with van der Waals surface area (Å²) in [4.78, 5) is 18.1. The van der Waals surface area contributed by atoms with Crippen LogP contribution in [-0.4, -0.2) is 10.9 Å². The molecule has 0 aliphatic heterocycles. The highest BCUT2D eigenvalue weighted by atomic mass is 32.2. The Morgan fingerprint density at radius 3 is 2.47 bits per heavy atom. The van der Waals surface area contributed by atoms with Gasteiger partial charge in [0.1, 0.15) is 11.1 Å². The van der Waals surface area contributed by atoms with Crippen LogP contribution in [-0.2, 0) is 6.18 Å². The molecule has 0 unspecified atom stereocenters. The number of hydrogen-bond acceptors (Lipinski definition) is 5. The van der Waals surface area contributed by atoms with Gasteiger partial charge in [-0.1, -0.05) is 47.7 Å². The molecule has 0 fully saturated rings. The number of thiophene rings is 1. The van der Waals surface area contributed by atoms with E-state index in [1.165, 1.54) is 11.3 Å². The molecule has 0 aliphatic rings. The fraction of sp³-hybridized carbons (Fsp3) is 0.0800. The van der Waals surface area contributed by atoms with Gasteiger partial charge in [-0.15, -0.1) is 11.3 Å². The minimum Gasteiger partial charge on any atom is -0.321 e. The first-order chi connectivity index (χ1) is 16.3. The molecule has 0 atom stereocenters. The molecule has 2 aromatic heterocycles. The largest absolute Gasteiger partial charge is 0.417 e. The van der Waals surface area contributed by atoms with Gasteiger partial charge in [0.05, 0.1) is 27.4 Å². The lowest BCUT2D eigenvalue weighted by Crippen LogP contribution is -2.13. The normalized spacial score (nSPS) is 11.1. The third kappa shape index (κ3) is 5.14. The van der Waals surface area contributed by atoms with Gasteiger partial charge in [-0.25, -0.2) is 4.98 Å². The first-order valence-electron chi connectivity index (χ1n) is 9.97. The van der Waals surface area contributed by atoms with Crippen molar-refractivity contribution < 1.29 is 18.0 Å². The van der Waals surface area contributed by atoms with Crippen LogP contribution in [0.4, 0.5) is 18.9 Å². The van der Waals surface area contributed by atoms with Crippen LogP contribution in [0.25, 0.3) is 10.6 Å². The number of aromatic nitrogens is 1. The van der Waals surface area contributed by atoms with Crippen LogP contribution < -0.4 is 5.32 Å². The lowest BCUT2D eigenvalue weighted by molar-refractivity contribution is -0.138. The zero-order valence-corrected chi connectivity index (χ0v) is 19.3. The molecule has 0 saturated heterocycles. The molecule has 1 N–H and O–H groups in total. The van der Waals surface area contributed by atoms with Crippen molar-refractivity contribution in [1.29, 1.82) is 5.26 Å². The second-order valence-corrected chi connectivity index (χ2v) is 9.22. The topological polar surface area (TPSA) is 65.8 Å². The smallest absolute Gasteiger partial charge is 0.321 e. The van der Waals surface area contributed by atoms with Crippen molar-refractivity contribution >= 4 is 34.7 Å². The number of halogens is 3. The number of para-hydroxylation sites is 1. The van der Waals surface area contributed by atoms with Gasteiger partial charge in [0.25, 0.3) is 5.91 Å². The second-order valence-electron chi connectivity index (χ2n) is 7.24. The van der Waals surface area contributed by atoms with Crippen molar-refractivity contribution in [1.82, 2.24) is 4.98 Å². The highest BCUT2D eigenvalue weighted by Crippen LogP contribution is 2.41. The maximum Gasteiger partial charge on any atom is 0.417 e. The van der Waals surface area contributed by atoms with Gasteiger partial charge < -0.3 is 5.32 Å². The molecule has 170 valence electrons. The van der Waals surface area contributed by atoms with Crippen LogP contribution in [0.5, 0.6) is 0 Å². The number of benzene rings is 2. The minimum atomic E-state index is -4.73. The minimum absolute atomic E-state index is 0.0854. The molecule has 0 spiro atoms. The van der Waals surface area contributed by atoms with E-state index in [0.29, 0.717) is 21.0 Å². The van der Waals surface area contributed by atoms with Crippen molar-refractivity contribution in [2.24, 2.45) is 0 Å². The van der Waals surface area contributed by atoms with Gasteiger partial charge in [0.2, 0.25) is 0 Å². The van der Waals surface area contributed by atoms with E-state index in [-0.39, 0.29) is 16.6 Å². The van der Waals surface area contributed by atoms with E-state index in [2.05, 4.69) is 10.3 Å². The van der Waals surface area contributed by atoms with Crippen LogP contribution in [0.15, 0.2) is 82.0 Å². The summed E-state index contributed by atoms with van der Waals surface area (Å²) in [5, 5.41) is 14.0. The average molecular weight is 496 g/mol. The first kappa shape index (κ1) is 23.5. The number of nitrogens with zero attached hydrogens (tertiary/aromatic N) is 2. The number of amides is 1. The molecule has 9 heteroatoms. The van der Waals surface area contributed by atoms with Crippen LogP contribution in [0.2, 0.25) is 0 Å². The zero-order chi connectivity index (χ0) is 24.3. The zero-order valence-electron chi connectivity index (χ0n) is 17.7. The van der Waals surface area contributed by atoms with Crippen molar-refractivity contribution in [2.75, 3.05) is 5.32 Å². The standard InChI is InChI=1S/C25H16F3N3OS2/c1-15-8-10-16(11-9-15)23(32)30-19-5-2-3-6-22(19)34-24-17(14-29)18(25(26,27)28)13-20(31-24)21-7-4-12-33-21/h2-13H,1H3,(H,30,32). The Morgan fingerprint density at radius 2 is 1.82 bits per heavy atom. The quantitative estimate of drug-likeness (QED) is 0.313. The monoisotopic (exact) mass is 495 g/mol. The van der Waals surface area contributed by atoms with Crippen LogP contribution >= 0.6 is 23.1 Å². The SMILES string of the molecule is Cc1ccc(C(=O)Nc2ccccc2Sc2nc(-c3cccs3)cc(C(F)(F)F)c2C#N)cc1.